The van der Waals surface area contributed by atoms with Crippen LogP contribution >= 0.6 is 0 Å². The number of aromatic nitrogens is 1. The molecule has 16 heavy (non-hydrogen) atoms. The van der Waals surface area contributed by atoms with Crippen LogP contribution in [-0.4, -0.2) is 24.4 Å². The number of Topliss-reactive ketones (excluding diaryl/α,β-unsaturated/α-hetero) is 1. The maximum Gasteiger partial charge on any atom is 0.152 e. The molecule has 0 aliphatic rings. The Kier molecular flexibility index (Phi) is 3.27. The van der Waals surface area contributed by atoms with E-state index in [-0.39, 0.29) is 5.78 Å². The number of hydrogen-bond acceptors (Lipinski definition) is 3. The van der Waals surface area contributed by atoms with E-state index in [0.717, 1.165) is 16.6 Å². The molecule has 1 N–H and O–H groups in total. The van der Waals surface area contributed by atoms with Crippen LogP contribution in [0.5, 0.6) is 0 Å². The van der Waals surface area contributed by atoms with Gasteiger partial charge in [-0.25, -0.2) is 0 Å². The number of para-hydroxylation sites is 1. The van der Waals surface area contributed by atoms with Crippen LogP contribution in [-0.2, 0) is 11.2 Å². The van der Waals surface area contributed by atoms with Crippen molar-refractivity contribution in [3.8, 4) is 0 Å². The van der Waals surface area contributed by atoms with E-state index in [4.69, 9.17) is 0 Å². The fourth-order valence-corrected chi connectivity index (χ4v) is 1.67. The fraction of sp³-hybridized carbons (Fsp3) is 0.231. The molecule has 3 heteroatoms. The first-order valence-electron chi connectivity index (χ1n) is 5.30. The van der Waals surface area contributed by atoms with Crippen molar-refractivity contribution in [3.05, 3.63) is 42.1 Å². The smallest absolute Gasteiger partial charge is 0.152 e. The molecule has 0 bridgehead atoms. The van der Waals surface area contributed by atoms with Crippen LogP contribution in [0.15, 0.2) is 36.4 Å². The molecule has 2 rings (SSSR count). The number of carbonyl (C=O) groups excluding carboxylic acids is 1. The third-order valence-corrected chi connectivity index (χ3v) is 2.41. The van der Waals surface area contributed by atoms with Gasteiger partial charge in [0, 0.05) is 11.1 Å². The van der Waals surface area contributed by atoms with Gasteiger partial charge < -0.3 is 5.32 Å². The molecule has 0 fully saturated rings. The van der Waals surface area contributed by atoms with Crippen LogP contribution in [0.25, 0.3) is 10.9 Å². The first-order chi connectivity index (χ1) is 7.79. The summed E-state index contributed by atoms with van der Waals surface area (Å²) in [7, 11) is 1.77. The predicted molar refractivity (Wildman–Crippen MR) is 64.4 cm³/mol. The highest BCUT2D eigenvalue weighted by molar-refractivity contribution is 5.84. The second-order valence-electron chi connectivity index (χ2n) is 3.74. The van der Waals surface area contributed by atoms with Crippen LogP contribution in [0.3, 0.4) is 0 Å². The minimum Gasteiger partial charge on any atom is -0.313 e. The number of nitrogens with one attached hydrogen (secondary N) is 1. The van der Waals surface area contributed by atoms with Crippen molar-refractivity contribution in [2.75, 3.05) is 13.6 Å². The van der Waals surface area contributed by atoms with Crippen molar-refractivity contribution in [1.29, 1.82) is 0 Å². The van der Waals surface area contributed by atoms with Crippen LogP contribution < -0.4 is 5.32 Å². The van der Waals surface area contributed by atoms with Gasteiger partial charge in [0.05, 0.1) is 18.5 Å². The van der Waals surface area contributed by atoms with Crippen LogP contribution in [0.2, 0.25) is 0 Å². The number of nitrogens with zero attached hydrogens (tertiary/aromatic N) is 1. The van der Waals surface area contributed by atoms with E-state index in [2.05, 4.69) is 10.3 Å². The van der Waals surface area contributed by atoms with Crippen molar-refractivity contribution in [2.24, 2.45) is 0 Å². The fourth-order valence-electron chi connectivity index (χ4n) is 1.67. The summed E-state index contributed by atoms with van der Waals surface area (Å²) < 4.78 is 0. The first-order valence-corrected chi connectivity index (χ1v) is 5.30. The zero-order valence-corrected chi connectivity index (χ0v) is 9.23. The Hall–Kier alpha value is -1.74. The van der Waals surface area contributed by atoms with E-state index >= 15 is 0 Å². The van der Waals surface area contributed by atoms with E-state index in [1.165, 1.54) is 0 Å². The highest BCUT2D eigenvalue weighted by atomic mass is 16.1. The minimum atomic E-state index is 0.158. The molecule has 0 amide bonds. The number of likely N-dealkylation sites (N-methyl/N-ethyl adjacent to an activating group) is 1. The van der Waals surface area contributed by atoms with Gasteiger partial charge in [0.25, 0.3) is 0 Å². The number of rotatable bonds is 4. The summed E-state index contributed by atoms with van der Waals surface area (Å²) in [6, 6.07) is 11.8. The monoisotopic (exact) mass is 214 g/mol. The molecule has 0 spiro atoms. The largest absolute Gasteiger partial charge is 0.313 e. The number of hydrogen-bond donors (Lipinski definition) is 1. The highest BCUT2D eigenvalue weighted by Crippen LogP contribution is 2.11. The predicted octanol–water partition coefficient (Wildman–Crippen LogP) is 1.57. The Balaban J connectivity index is 2.22. The lowest BCUT2D eigenvalue weighted by Gasteiger charge is -2.02. The van der Waals surface area contributed by atoms with Gasteiger partial charge in [-0.3, -0.25) is 9.78 Å². The van der Waals surface area contributed by atoms with Gasteiger partial charge in [-0.15, -0.1) is 0 Å². The van der Waals surface area contributed by atoms with Crippen molar-refractivity contribution >= 4 is 16.7 Å². The topological polar surface area (TPSA) is 42.0 Å². The molecule has 0 saturated heterocycles. The van der Waals surface area contributed by atoms with E-state index in [1.807, 2.05) is 36.4 Å². The molecular formula is C13H14N2O. The normalized spacial score (nSPS) is 10.6. The molecule has 1 aromatic heterocycles. The van der Waals surface area contributed by atoms with Crippen molar-refractivity contribution in [2.45, 2.75) is 6.42 Å². The van der Waals surface area contributed by atoms with Gasteiger partial charge in [0.1, 0.15) is 0 Å². The Bertz CT molecular complexity index is 508. The molecule has 82 valence electrons. The van der Waals surface area contributed by atoms with E-state index < -0.39 is 0 Å². The Morgan fingerprint density at radius 3 is 2.88 bits per heavy atom. The SMILES string of the molecule is CNCC(=O)Cc1ccc2ccccc2n1. The summed E-state index contributed by atoms with van der Waals surface area (Å²) in [6.45, 7) is 0.397. The second-order valence-corrected chi connectivity index (χ2v) is 3.74. The van der Waals surface area contributed by atoms with Crippen molar-refractivity contribution in [3.63, 3.8) is 0 Å². The van der Waals surface area contributed by atoms with E-state index in [0.29, 0.717) is 13.0 Å². The zero-order chi connectivity index (χ0) is 11.4. The van der Waals surface area contributed by atoms with Crippen LogP contribution in [0.4, 0.5) is 0 Å². The third-order valence-electron chi connectivity index (χ3n) is 2.41. The first kappa shape index (κ1) is 10.8. The van der Waals surface area contributed by atoms with Gasteiger partial charge in [0.2, 0.25) is 0 Å². The molecule has 1 aromatic carbocycles. The number of ketones is 1. The van der Waals surface area contributed by atoms with Gasteiger partial charge >= 0.3 is 0 Å². The molecule has 0 radical (unpaired) electrons. The average molecular weight is 214 g/mol. The maximum atomic E-state index is 11.4. The summed E-state index contributed by atoms with van der Waals surface area (Å²) >= 11 is 0. The Morgan fingerprint density at radius 2 is 2.06 bits per heavy atom. The van der Waals surface area contributed by atoms with Crippen LogP contribution in [0, 0.1) is 0 Å². The van der Waals surface area contributed by atoms with Gasteiger partial charge in [-0.05, 0) is 19.2 Å². The Morgan fingerprint density at radius 1 is 1.25 bits per heavy atom. The molecule has 0 unspecified atom stereocenters. The standard InChI is InChI=1S/C13H14N2O/c1-14-9-12(16)8-11-7-6-10-4-2-3-5-13(10)15-11/h2-7,14H,8-9H2,1H3. The summed E-state index contributed by atoms with van der Waals surface area (Å²) in [6.07, 6.45) is 0.395. The number of benzene rings is 1. The van der Waals surface area contributed by atoms with E-state index in [9.17, 15) is 4.79 Å². The third kappa shape index (κ3) is 2.44. The molecule has 0 aliphatic carbocycles. The van der Waals surface area contributed by atoms with Gasteiger partial charge in [-0.2, -0.15) is 0 Å². The lowest BCUT2D eigenvalue weighted by atomic mass is 10.1. The summed E-state index contributed by atoms with van der Waals surface area (Å²) in [5.41, 5.74) is 1.77. The second kappa shape index (κ2) is 4.86. The van der Waals surface area contributed by atoms with Crippen LogP contribution in [0.1, 0.15) is 5.69 Å². The number of carbonyl (C=O) groups is 1. The highest BCUT2D eigenvalue weighted by Gasteiger charge is 2.04. The summed E-state index contributed by atoms with van der Waals surface area (Å²) in [5, 5.41) is 3.95. The number of fused-ring (bicyclic) bond motifs is 1. The average Bonchev–Trinajstić information content (AvgIpc) is 2.29. The zero-order valence-electron chi connectivity index (χ0n) is 9.23. The molecular weight excluding hydrogens is 200 g/mol. The molecule has 0 saturated carbocycles. The lowest BCUT2D eigenvalue weighted by Crippen LogP contribution is -2.20. The minimum absolute atomic E-state index is 0.158. The quantitative estimate of drug-likeness (QED) is 0.840. The molecule has 2 aromatic rings. The molecule has 1 heterocycles. The summed E-state index contributed by atoms with van der Waals surface area (Å²) in [5.74, 6) is 0.158. The molecule has 0 atom stereocenters. The molecule has 3 nitrogen and oxygen atoms in total. The lowest BCUT2D eigenvalue weighted by molar-refractivity contribution is -0.117. The van der Waals surface area contributed by atoms with Gasteiger partial charge in [-0.1, -0.05) is 24.3 Å². The van der Waals surface area contributed by atoms with E-state index in [1.54, 1.807) is 7.05 Å². The molecule has 0 aliphatic heterocycles. The summed E-state index contributed by atoms with van der Waals surface area (Å²) in [4.78, 5) is 15.9. The number of pyridine rings is 1. The maximum absolute atomic E-state index is 11.4. The Labute approximate surface area is 94.5 Å². The van der Waals surface area contributed by atoms with Crippen molar-refractivity contribution < 1.29 is 4.79 Å². The van der Waals surface area contributed by atoms with Crippen molar-refractivity contribution in [1.82, 2.24) is 10.3 Å². The van der Waals surface area contributed by atoms with Gasteiger partial charge in [0.15, 0.2) is 5.78 Å².